The SMILES string of the molecule is CCCc1nnc(N2CCC[C@@H](C(=O)c3ccccn3)C2)o1. The van der Waals surface area contributed by atoms with E-state index in [0.29, 0.717) is 24.1 Å². The summed E-state index contributed by atoms with van der Waals surface area (Å²) in [6.45, 7) is 3.54. The molecular weight excluding hydrogens is 280 g/mol. The summed E-state index contributed by atoms with van der Waals surface area (Å²) in [7, 11) is 0. The van der Waals surface area contributed by atoms with Gasteiger partial charge in [0.2, 0.25) is 5.89 Å². The molecule has 0 saturated carbocycles. The lowest BCUT2D eigenvalue weighted by atomic mass is 9.92. The Labute approximate surface area is 129 Å². The molecule has 22 heavy (non-hydrogen) atoms. The number of pyridine rings is 1. The number of hydrogen-bond acceptors (Lipinski definition) is 6. The van der Waals surface area contributed by atoms with Crippen LogP contribution in [0.1, 0.15) is 42.6 Å². The molecule has 0 aliphatic carbocycles. The number of rotatable bonds is 5. The van der Waals surface area contributed by atoms with Gasteiger partial charge in [-0.2, -0.15) is 0 Å². The van der Waals surface area contributed by atoms with Gasteiger partial charge < -0.3 is 9.32 Å². The van der Waals surface area contributed by atoms with Crippen LogP contribution >= 0.6 is 0 Å². The molecule has 2 aromatic heterocycles. The van der Waals surface area contributed by atoms with Gasteiger partial charge in [0, 0.05) is 31.6 Å². The Balaban J connectivity index is 1.69. The minimum Gasteiger partial charge on any atom is -0.408 e. The normalized spacial score (nSPS) is 18.4. The van der Waals surface area contributed by atoms with Crippen molar-refractivity contribution in [1.29, 1.82) is 0 Å². The second-order valence-electron chi connectivity index (χ2n) is 5.59. The van der Waals surface area contributed by atoms with Crippen LogP contribution in [-0.2, 0) is 6.42 Å². The summed E-state index contributed by atoms with van der Waals surface area (Å²) in [6.07, 6.45) is 5.24. The largest absolute Gasteiger partial charge is 0.408 e. The predicted molar refractivity (Wildman–Crippen MR) is 81.8 cm³/mol. The van der Waals surface area contributed by atoms with E-state index in [9.17, 15) is 4.79 Å². The second kappa shape index (κ2) is 6.68. The third-order valence-corrected chi connectivity index (χ3v) is 3.90. The molecule has 1 aliphatic rings. The lowest BCUT2D eigenvalue weighted by Gasteiger charge is -2.30. The minimum absolute atomic E-state index is 0.0647. The van der Waals surface area contributed by atoms with Crippen LogP contribution in [0.4, 0.5) is 6.01 Å². The number of anilines is 1. The van der Waals surface area contributed by atoms with Gasteiger partial charge in [-0.1, -0.05) is 18.1 Å². The van der Waals surface area contributed by atoms with E-state index in [2.05, 4.69) is 22.1 Å². The summed E-state index contributed by atoms with van der Waals surface area (Å²) in [4.78, 5) is 18.7. The molecule has 0 spiro atoms. The van der Waals surface area contributed by atoms with Gasteiger partial charge >= 0.3 is 6.01 Å². The van der Waals surface area contributed by atoms with Crippen molar-refractivity contribution in [2.45, 2.75) is 32.6 Å². The van der Waals surface area contributed by atoms with Crippen LogP contribution in [0.25, 0.3) is 0 Å². The fraction of sp³-hybridized carbons (Fsp3) is 0.500. The maximum Gasteiger partial charge on any atom is 0.318 e. The van der Waals surface area contributed by atoms with Crippen molar-refractivity contribution in [3.63, 3.8) is 0 Å². The molecule has 1 atom stereocenters. The summed E-state index contributed by atoms with van der Waals surface area (Å²) >= 11 is 0. The molecule has 0 amide bonds. The van der Waals surface area contributed by atoms with Gasteiger partial charge in [-0.15, -0.1) is 5.10 Å². The Hall–Kier alpha value is -2.24. The van der Waals surface area contributed by atoms with Gasteiger partial charge in [0.1, 0.15) is 5.69 Å². The van der Waals surface area contributed by atoms with Crippen molar-refractivity contribution in [3.8, 4) is 0 Å². The number of piperidine rings is 1. The highest BCUT2D eigenvalue weighted by atomic mass is 16.4. The van der Waals surface area contributed by atoms with Gasteiger partial charge in [-0.25, -0.2) is 0 Å². The predicted octanol–water partition coefficient (Wildman–Crippen LogP) is 2.52. The van der Waals surface area contributed by atoms with E-state index < -0.39 is 0 Å². The molecule has 3 heterocycles. The number of carbonyl (C=O) groups excluding carboxylic acids is 1. The monoisotopic (exact) mass is 300 g/mol. The van der Waals surface area contributed by atoms with E-state index in [-0.39, 0.29) is 11.7 Å². The van der Waals surface area contributed by atoms with Crippen LogP contribution in [0.15, 0.2) is 28.8 Å². The molecule has 6 nitrogen and oxygen atoms in total. The van der Waals surface area contributed by atoms with Crippen LogP contribution in [0.3, 0.4) is 0 Å². The van der Waals surface area contributed by atoms with E-state index in [1.54, 1.807) is 12.3 Å². The van der Waals surface area contributed by atoms with Crippen molar-refractivity contribution < 1.29 is 9.21 Å². The van der Waals surface area contributed by atoms with Gasteiger partial charge in [0.05, 0.1) is 0 Å². The molecule has 0 bridgehead atoms. The lowest BCUT2D eigenvalue weighted by Crippen LogP contribution is -2.39. The number of Topliss-reactive ketones (excluding diaryl/α,β-unsaturated/α-hetero) is 1. The summed E-state index contributed by atoms with van der Waals surface area (Å²) in [5.74, 6) is 0.694. The van der Waals surface area contributed by atoms with Crippen LogP contribution in [0.2, 0.25) is 0 Å². The fourth-order valence-corrected chi connectivity index (χ4v) is 2.77. The van der Waals surface area contributed by atoms with E-state index in [0.717, 1.165) is 32.2 Å². The number of carbonyl (C=O) groups is 1. The lowest BCUT2D eigenvalue weighted by molar-refractivity contribution is 0.0901. The van der Waals surface area contributed by atoms with Gasteiger partial charge in [-0.3, -0.25) is 9.78 Å². The third-order valence-electron chi connectivity index (χ3n) is 3.90. The molecule has 0 radical (unpaired) electrons. The van der Waals surface area contributed by atoms with Crippen LogP contribution < -0.4 is 4.90 Å². The van der Waals surface area contributed by atoms with Gasteiger partial charge in [0.25, 0.3) is 0 Å². The maximum atomic E-state index is 12.5. The summed E-state index contributed by atoms with van der Waals surface area (Å²) in [5, 5.41) is 8.16. The first-order chi connectivity index (χ1) is 10.8. The number of aryl methyl sites for hydroxylation is 1. The number of ketones is 1. The third kappa shape index (κ3) is 3.16. The molecular formula is C16H20N4O2. The average molecular weight is 300 g/mol. The smallest absolute Gasteiger partial charge is 0.318 e. The van der Waals surface area contributed by atoms with Crippen molar-refractivity contribution in [3.05, 3.63) is 36.0 Å². The average Bonchev–Trinajstić information content (AvgIpc) is 3.04. The van der Waals surface area contributed by atoms with Crippen molar-refractivity contribution in [2.75, 3.05) is 18.0 Å². The Kier molecular flexibility index (Phi) is 4.46. The molecule has 3 rings (SSSR count). The zero-order valence-electron chi connectivity index (χ0n) is 12.7. The Morgan fingerprint density at radius 3 is 3.09 bits per heavy atom. The maximum absolute atomic E-state index is 12.5. The first-order valence-corrected chi connectivity index (χ1v) is 7.80. The Bertz CT molecular complexity index is 626. The van der Waals surface area contributed by atoms with E-state index in [1.807, 2.05) is 17.0 Å². The standard InChI is InChI=1S/C16H20N4O2/c1-2-6-14-18-19-16(22-14)20-10-5-7-12(11-20)15(21)13-8-3-4-9-17-13/h3-4,8-9,12H,2,5-7,10-11H2,1H3/t12-/m1/s1. The van der Waals surface area contributed by atoms with Crippen LogP contribution in [-0.4, -0.2) is 34.1 Å². The summed E-state index contributed by atoms with van der Waals surface area (Å²) < 4.78 is 5.67. The van der Waals surface area contributed by atoms with Gasteiger partial charge in [0.15, 0.2) is 5.78 Å². The van der Waals surface area contributed by atoms with Gasteiger partial charge in [-0.05, 0) is 31.4 Å². The van der Waals surface area contributed by atoms with Crippen molar-refractivity contribution >= 4 is 11.8 Å². The first-order valence-electron chi connectivity index (χ1n) is 7.80. The molecule has 1 saturated heterocycles. The highest BCUT2D eigenvalue weighted by molar-refractivity contribution is 5.96. The quantitative estimate of drug-likeness (QED) is 0.790. The number of aromatic nitrogens is 3. The molecule has 1 aliphatic heterocycles. The fourth-order valence-electron chi connectivity index (χ4n) is 2.77. The van der Waals surface area contributed by atoms with E-state index in [1.165, 1.54) is 0 Å². The zero-order chi connectivity index (χ0) is 15.4. The Morgan fingerprint density at radius 2 is 2.32 bits per heavy atom. The molecule has 6 heteroatoms. The molecule has 0 N–H and O–H groups in total. The second-order valence-corrected chi connectivity index (χ2v) is 5.59. The van der Waals surface area contributed by atoms with E-state index in [4.69, 9.17) is 4.42 Å². The Morgan fingerprint density at radius 1 is 1.41 bits per heavy atom. The summed E-state index contributed by atoms with van der Waals surface area (Å²) in [6, 6.07) is 5.96. The van der Waals surface area contributed by atoms with Crippen molar-refractivity contribution in [2.24, 2.45) is 5.92 Å². The highest BCUT2D eigenvalue weighted by Gasteiger charge is 2.29. The molecule has 116 valence electrons. The number of hydrogen-bond donors (Lipinski definition) is 0. The van der Waals surface area contributed by atoms with Crippen LogP contribution in [0, 0.1) is 5.92 Å². The highest BCUT2D eigenvalue weighted by Crippen LogP contribution is 2.24. The first kappa shape index (κ1) is 14.7. The minimum atomic E-state index is -0.0647. The van der Waals surface area contributed by atoms with Crippen LogP contribution in [0.5, 0.6) is 0 Å². The number of nitrogens with zero attached hydrogens (tertiary/aromatic N) is 4. The topological polar surface area (TPSA) is 72.1 Å². The molecule has 0 aromatic carbocycles. The molecule has 0 unspecified atom stereocenters. The zero-order valence-corrected chi connectivity index (χ0v) is 12.7. The summed E-state index contributed by atoms with van der Waals surface area (Å²) in [5.41, 5.74) is 0.534. The molecule has 1 fully saturated rings. The molecule has 2 aromatic rings. The van der Waals surface area contributed by atoms with E-state index >= 15 is 0 Å². The van der Waals surface area contributed by atoms with Crippen molar-refractivity contribution in [1.82, 2.24) is 15.2 Å².